The van der Waals surface area contributed by atoms with Crippen molar-refractivity contribution >= 4 is 38.1 Å². The van der Waals surface area contributed by atoms with Crippen molar-refractivity contribution in [1.82, 2.24) is 15.2 Å². The number of nitrogens with one attached hydrogen (secondary N) is 1. The first kappa shape index (κ1) is 21.3. The van der Waals surface area contributed by atoms with Crippen LogP contribution in [0.1, 0.15) is 10.7 Å². The molecule has 0 aliphatic heterocycles. The number of aromatic nitrogens is 3. The van der Waals surface area contributed by atoms with Crippen LogP contribution in [0.15, 0.2) is 47.5 Å². The van der Waals surface area contributed by atoms with Crippen LogP contribution in [0.3, 0.4) is 0 Å². The van der Waals surface area contributed by atoms with Crippen LogP contribution in [0, 0.1) is 0 Å². The van der Waals surface area contributed by atoms with Gasteiger partial charge in [-0.2, -0.15) is 13.2 Å². The molecule has 7 nitrogen and oxygen atoms in total. The zero-order valence-electron chi connectivity index (χ0n) is 14.4. The second-order valence-electron chi connectivity index (χ2n) is 5.54. The number of hydrogen-bond donors (Lipinski definition) is 1. The zero-order chi connectivity index (χ0) is 21.1. The van der Waals surface area contributed by atoms with Crippen molar-refractivity contribution in [2.75, 3.05) is 11.3 Å². The minimum Gasteiger partial charge on any atom is -0.493 e. The maximum Gasteiger partial charge on any atom is 0.433 e. The summed E-state index contributed by atoms with van der Waals surface area (Å²) in [6.07, 6.45) is -3.64. The molecule has 29 heavy (non-hydrogen) atoms. The molecule has 0 bridgehead atoms. The molecule has 2 heterocycles. The van der Waals surface area contributed by atoms with Crippen LogP contribution in [-0.4, -0.2) is 30.2 Å². The molecule has 3 rings (SSSR count). The number of hydrogen-bond acceptors (Lipinski definition) is 7. The fourth-order valence-electron chi connectivity index (χ4n) is 2.06. The number of nitrogens with zero attached hydrogens (tertiary/aromatic N) is 3. The number of rotatable bonds is 7. The zero-order valence-corrected chi connectivity index (χ0v) is 16.7. The van der Waals surface area contributed by atoms with Crippen LogP contribution >= 0.6 is 22.9 Å². The molecule has 0 fully saturated rings. The van der Waals surface area contributed by atoms with Gasteiger partial charge >= 0.3 is 6.18 Å². The lowest BCUT2D eigenvalue weighted by atomic mass is 10.3. The smallest absolute Gasteiger partial charge is 0.433 e. The van der Waals surface area contributed by atoms with Crippen molar-refractivity contribution in [3.8, 4) is 5.75 Å². The van der Waals surface area contributed by atoms with Gasteiger partial charge in [0.05, 0.1) is 6.61 Å². The Morgan fingerprint density at radius 1 is 1.10 bits per heavy atom. The summed E-state index contributed by atoms with van der Waals surface area (Å²) in [5.41, 5.74) is -1.18. The molecule has 0 aliphatic carbocycles. The molecule has 13 heteroatoms. The molecule has 154 valence electrons. The number of benzene rings is 1. The molecule has 3 aromatic rings. The summed E-state index contributed by atoms with van der Waals surface area (Å²) in [7, 11) is -4.15. The van der Waals surface area contributed by atoms with Crippen molar-refractivity contribution in [2.45, 2.75) is 17.5 Å². The summed E-state index contributed by atoms with van der Waals surface area (Å²) >= 11 is 6.77. The third-order valence-corrected chi connectivity index (χ3v) is 6.03. The van der Waals surface area contributed by atoms with E-state index >= 15 is 0 Å². The Hall–Kier alpha value is -2.44. The highest BCUT2D eigenvalue weighted by Gasteiger charge is 2.32. The quantitative estimate of drug-likeness (QED) is 0.567. The average Bonchev–Trinajstić information content (AvgIpc) is 3.09. The Bertz CT molecular complexity index is 1070. The molecular formula is C16H12ClF3N4O3S2. The predicted octanol–water partition coefficient (Wildman–Crippen LogP) is 4.03. The first-order chi connectivity index (χ1) is 13.6. The highest BCUT2D eigenvalue weighted by atomic mass is 35.5. The Labute approximate surface area is 172 Å². The lowest BCUT2D eigenvalue weighted by Gasteiger charge is -2.07. The Kier molecular flexibility index (Phi) is 6.24. The number of alkyl halides is 3. The third kappa shape index (κ3) is 5.78. The summed E-state index contributed by atoms with van der Waals surface area (Å²) in [5, 5.41) is 8.67. The van der Waals surface area contributed by atoms with Gasteiger partial charge in [0, 0.05) is 17.6 Å². The molecule has 0 aliphatic rings. The minimum absolute atomic E-state index is 0.0219. The lowest BCUT2D eigenvalue weighted by molar-refractivity contribution is -0.141. The van der Waals surface area contributed by atoms with Crippen LogP contribution < -0.4 is 9.46 Å². The van der Waals surface area contributed by atoms with E-state index in [1.54, 1.807) is 24.3 Å². The predicted molar refractivity (Wildman–Crippen MR) is 101 cm³/mol. The molecule has 0 amide bonds. The van der Waals surface area contributed by atoms with Crippen molar-refractivity contribution in [3.63, 3.8) is 0 Å². The molecular weight excluding hydrogens is 453 g/mol. The minimum atomic E-state index is -4.65. The first-order valence-corrected chi connectivity index (χ1v) is 10.6. The fraction of sp³-hybridized carbons (Fsp3) is 0.188. The molecule has 0 atom stereocenters. The molecule has 1 N–H and O–H groups in total. The molecule has 0 unspecified atom stereocenters. The van der Waals surface area contributed by atoms with Gasteiger partial charge in [0.15, 0.2) is 0 Å². The number of pyridine rings is 1. The standard InChI is InChI=1S/C16H12ClF3N4O3S2/c17-10-1-3-11(4-2-10)27-8-7-14-22-23-15(28-14)24-29(25,26)12-5-6-13(21-9-12)16(18,19)20/h1-6,9H,7-8H2,(H,23,24). The summed E-state index contributed by atoms with van der Waals surface area (Å²) < 4.78 is 69.8. The van der Waals surface area contributed by atoms with E-state index in [1.165, 1.54) is 0 Å². The van der Waals surface area contributed by atoms with E-state index < -0.39 is 26.8 Å². The molecule has 2 aromatic heterocycles. The molecule has 1 aromatic carbocycles. The summed E-state index contributed by atoms with van der Waals surface area (Å²) in [6, 6.07) is 8.20. The fourth-order valence-corrected chi connectivity index (χ4v) is 4.08. The van der Waals surface area contributed by atoms with Crippen LogP contribution in [0.25, 0.3) is 0 Å². The maximum absolute atomic E-state index is 12.5. The average molecular weight is 465 g/mol. The SMILES string of the molecule is O=S(=O)(Nc1nnc(CCOc2ccc(Cl)cc2)s1)c1ccc(C(F)(F)F)nc1. The highest BCUT2D eigenvalue weighted by Crippen LogP contribution is 2.28. The molecule has 0 radical (unpaired) electrons. The van der Waals surface area contributed by atoms with E-state index in [2.05, 4.69) is 19.9 Å². The van der Waals surface area contributed by atoms with Gasteiger partial charge in [-0.3, -0.25) is 9.71 Å². The maximum atomic E-state index is 12.5. The topological polar surface area (TPSA) is 94.1 Å². The van der Waals surface area contributed by atoms with E-state index in [-0.39, 0.29) is 11.7 Å². The van der Waals surface area contributed by atoms with Crippen molar-refractivity contribution in [2.24, 2.45) is 0 Å². The van der Waals surface area contributed by atoms with Crippen LogP contribution in [0.4, 0.5) is 18.3 Å². The van der Waals surface area contributed by atoms with E-state index in [0.29, 0.717) is 34.5 Å². The van der Waals surface area contributed by atoms with Gasteiger partial charge in [-0.1, -0.05) is 22.9 Å². The summed E-state index contributed by atoms with van der Waals surface area (Å²) in [5.74, 6) is 0.620. The molecule has 0 saturated heterocycles. The molecule has 0 saturated carbocycles. The van der Waals surface area contributed by atoms with Crippen molar-refractivity contribution in [3.05, 3.63) is 58.3 Å². The van der Waals surface area contributed by atoms with E-state index in [1.807, 2.05) is 0 Å². The van der Waals surface area contributed by atoms with Gasteiger partial charge in [0.2, 0.25) is 5.13 Å². The van der Waals surface area contributed by atoms with Gasteiger partial charge in [-0.15, -0.1) is 10.2 Å². The second kappa shape index (κ2) is 8.51. The molecule has 0 spiro atoms. The van der Waals surface area contributed by atoms with Crippen molar-refractivity contribution in [1.29, 1.82) is 0 Å². The normalized spacial score (nSPS) is 12.0. The third-order valence-electron chi connectivity index (χ3n) is 3.42. The van der Waals surface area contributed by atoms with Crippen molar-refractivity contribution < 1.29 is 26.3 Å². The Morgan fingerprint density at radius 2 is 1.83 bits per heavy atom. The monoisotopic (exact) mass is 464 g/mol. The largest absolute Gasteiger partial charge is 0.493 e. The summed E-state index contributed by atoms with van der Waals surface area (Å²) in [6.45, 7) is 0.284. The van der Waals surface area contributed by atoms with Gasteiger partial charge in [-0.25, -0.2) is 8.42 Å². The lowest BCUT2D eigenvalue weighted by Crippen LogP contribution is -2.14. The first-order valence-electron chi connectivity index (χ1n) is 7.90. The van der Waals surface area contributed by atoms with E-state index in [9.17, 15) is 21.6 Å². The second-order valence-corrected chi connectivity index (χ2v) is 8.72. The van der Waals surface area contributed by atoms with E-state index in [0.717, 1.165) is 17.4 Å². The van der Waals surface area contributed by atoms with Crippen LogP contribution in [0.5, 0.6) is 5.75 Å². The van der Waals surface area contributed by atoms with Crippen LogP contribution in [-0.2, 0) is 22.6 Å². The highest BCUT2D eigenvalue weighted by molar-refractivity contribution is 7.93. The van der Waals surface area contributed by atoms with Crippen LogP contribution in [0.2, 0.25) is 5.02 Å². The number of sulfonamides is 1. The summed E-state index contributed by atoms with van der Waals surface area (Å²) in [4.78, 5) is 2.71. The Balaban J connectivity index is 1.59. The Morgan fingerprint density at radius 3 is 2.45 bits per heavy atom. The number of halogens is 4. The van der Waals surface area contributed by atoms with Gasteiger partial charge in [0.1, 0.15) is 21.3 Å². The van der Waals surface area contributed by atoms with Gasteiger partial charge in [-0.05, 0) is 36.4 Å². The van der Waals surface area contributed by atoms with Gasteiger partial charge in [0.25, 0.3) is 10.0 Å². The number of anilines is 1. The van der Waals surface area contributed by atoms with Gasteiger partial charge < -0.3 is 4.74 Å². The van der Waals surface area contributed by atoms with E-state index in [4.69, 9.17) is 16.3 Å². The number of ether oxygens (including phenoxy) is 1.